The van der Waals surface area contributed by atoms with Gasteiger partial charge in [0.05, 0.1) is 0 Å². The van der Waals surface area contributed by atoms with Crippen LogP contribution in [0, 0.1) is 11.2 Å². The van der Waals surface area contributed by atoms with Crippen molar-refractivity contribution in [2.75, 3.05) is 11.4 Å². The summed E-state index contributed by atoms with van der Waals surface area (Å²) in [5, 5.41) is 21.2. The second-order valence-corrected chi connectivity index (χ2v) is 8.33. The first kappa shape index (κ1) is 24.5. The zero-order valence-corrected chi connectivity index (χ0v) is 19.0. The summed E-state index contributed by atoms with van der Waals surface area (Å²) in [6, 6.07) is 16.8. The van der Waals surface area contributed by atoms with Gasteiger partial charge in [-0.25, -0.2) is 9.18 Å². The fraction of sp³-hybridized carbons (Fsp3) is 0.217. The van der Waals surface area contributed by atoms with Crippen LogP contribution in [-0.2, 0) is 11.3 Å². The number of fused-ring (bicyclic) bond motifs is 3. The number of guanidine groups is 1. The van der Waals surface area contributed by atoms with Crippen LogP contribution in [0.15, 0.2) is 59.1 Å². The minimum absolute atomic E-state index is 0.246. The highest BCUT2D eigenvalue weighted by Gasteiger charge is 2.38. The summed E-state index contributed by atoms with van der Waals surface area (Å²) in [4.78, 5) is 10.9. The van der Waals surface area contributed by atoms with Crippen molar-refractivity contribution in [2.45, 2.75) is 25.6 Å². The molecule has 10 heteroatoms. The molecule has 0 fully saturated rings. The fourth-order valence-electron chi connectivity index (χ4n) is 3.64. The molecular weight excluding hydrogens is 506 g/mol. The van der Waals surface area contributed by atoms with E-state index in [1.165, 1.54) is 28.5 Å². The minimum atomic E-state index is -5.08. The van der Waals surface area contributed by atoms with E-state index < -0.39 is 12.1 Å². The summed E-state index contributed by atoms with van der Waals surface area (Å²) < 4.78 is 45.8. The maximum absolute atomic E-state index is 13.0. The van der Waals surface area contributed by atoms with Crippen LogP contribution in [0.3, 0.4) is 0 Å². The van der Waals surface area contributed by atoms with Crippen LogP contribution < -0.4 is 10.2 Å². The van der Waals surface area contributed by atoms with Crippen molar-refractivity contribution in [3.63, 3.8) is 0 Å². The van der Waals surface area contributed by atoms with Crippen LogP contribution in [0.25, 0.3) is 10.8 Å². The van der Waals surface area contributed by atoms with Crippen molar-refractivity contribution >= 4 is 44.3 Å². The number of halogens is 5. The number of carboxylic acid groups (broad SMARTS) is 1. The lowest BCUT2D eigenvalue weighted by Crippen LogP contribution is -2.39. The Balaban J connectivity index is 0.000000383. The molecule has 3 N–H and O–H groups in total. The number of alkyl halides is 3. The molecule has 1 atom stereocenters. The van der Waals surface area contributed by atoms with Gasteiger partial charge in [-0.3, -0.25) is 5.41 Å². The highest BCUT2D eigenvalue weighted by atomic mass is 79.9. The first-order valence-electron chi connectivity index (χ1n) is 9.84. The van der Waals surface area contributed by atoms with Gasteiger partial charge >= 0.3 is 12.1 Å². The average Bonchev–Trinajstić information content (AvgIpc) is 3.10. The monoisotopic (exact) mass is 525 g/mol. The summed E-state index contributed by atoms with van der Waals surface area (Å²) in [5.74, 6) is -2.29. The third-order valence-electron chi connectivity index (χ3n) is 5.15. The summed E-state index contributed by atoms with van der Waals surface area (Å²) in [6.07, 6.45) is -5.08. The van der Waals surface area contributed by atoms with Crippen molar-refractivity contribution in [1.82, 2.24) is 5.32 Å². The standard InChI is InChI=1S/C21H19BrFN3.C2HF3O2/c1-13-12-26(21(24)25-11-14-5-7-15(23)8-6-14)19-10-9-16-17(20(13)19)3-2-4-18(16)22;3-2(4,5)1(6)7/h2-10,13H,11-12H2,1H3,(H2,24,25);(H,6,7). The molecule has 0 spiro atoms. The molecule has 1 aliphatic heterocycles. The van der Waals surface area contributed by atoms with E-state index in [-0.39, 0.29) is 5.82 Å². The zero-order chi connectivity index (χ0) is 24.3. The van der Waals surface area contributed by atoms with Crippen LogP contribution in [-0.4, -0.2) is 29.8 Å². The molecule has 0 saturated carbocycles. The van der Waals surface area contributed by atoms with Crippen LogP contribution >= 0.6 is 15.9 Å². The van der Waals surface area contributed by atoms with Crippen LogP contribution in [0.1, 0.15) is 24.0 Å². The molecule has 0 bridgehead atoms. The molecule has 0 saturated heterocycles. The smallest absolute Gasteiger partial charge is 0.475 e. The highest BCUT2D eigenvalue weighted by Crippen LogP contribution is 2.42. The third-order valence-corrected chi connectivity index (χ3v) is 5.84. The van der Waals surface area contributed by atoms with E-state index in [9.17, 15) is 17.6 Å². The van der Waals surface area contributed by atoms with Gasteiger partial charge in [0.25, 0.3) is 0 Å². The lowest BCUT2D eigenvalue weighted by Gasteiger charge is -2.21. The number of carbonyl (C=O) groups is 1. The lowest BCUT2D eigenvalue weighted by atomic mass is 9.96. The molecule has 0 radical (unpaired) electrons. The number of hydrogen-bond acceptors (Lipinski definition) is 2. The molecule has 4 rings (SSSR count). The van der Waals surface area contributed by atoms with Crippen LogP contribution in [0.5, 0.6) is 0 Å². The Bertz CT molecular complexity index is 1180. The van der Waals surface area contributed by atoms with Crippen molar-refractivity contribution in [3.8, 4) is 0 Å². The summed E-state index contributed by atoms with van der Waals surface area (Å²) in [5.41, 5.74) is 3.32. The van der Waals surface area contributed by atoms with Crippen LogP contribution in [0.4, 0.5) is 23.2 Å². The average molecular weight is 526 g/mol. The molecule has 0 aliphatic carbocycles. The minimum Gasteiger partial charge on any atom is -0.475 e. The van der Waals surface area contributed by atoms with Crippen LogP contribution in [0.2, 0.25) is 0 Å². The first-order valence-corrected chi connectivity index (χ1v) is 10.6. The van der Waals surface area contributed by atoms with Gasteiger partial charge in [0.15, 0.2) is 5.96 Å². The number of aliphatic carboxylic acids is 1. The van der Waals surface area contributed by atoms with Gasteiger partial charge in [0.1, 0.15) is 5.82 Å². The number of rotatable bonds is 2. The van der Waals surface area contributed by atoms with E-state index in [0.717, 1.165) is 22.3 Å². The van der Waals surface area contributed by atoms with Gasteiger partial charge in [0.2, 0.25) is 0 Å². The number of carboxylic acids is 1. The van der Waals surface area contributed by atoms with Gasteiger partial charge in [-0.2, -0.15) is 13.2 Å². The normalized spacial score (nSPS) is 15.0. The number of nitrogens with zero attached hydrogens (tertiary/aromatic N) is 1. The number of anilines is 1. The third kappa shape index (κ3) is 5.62. The molecule has 1 aliphatic rings. The topological polar surface area (TPSA) is 76.4 Å². The summed E-state index contributed by atoms with van der Waals surface area (Å²) in [7, 11) is 0. The van der Waals surface area contributed by atoms with E-state index in [2.05, 4.69) is 58.5 Å². The predicted octanol–water partition coefficient (Wildman–Crippen LogP) is 6.02. The van der Waals surface area contributed by atoms with Crippen molar-refractivity contribution in [3.05, 3.63) is 76.0 Å². The van der Waals surface area contributed by atoms with Gasteiger partial charge < -0.3 is 15.3 Å². The highest BCUT2D eigenvalue weighted by molar-refractivity contribution is 9.10. The Labute approximate surface area is 195 Å². The van der Waals surface area contributed by atoms with E-state index in [1.807, 2.05) is 4.90 Å². The largest absolute Gasteiger partial charge is 0.490 e. The maximum Gasteiger partial charge on any atom is 0.490 e. The number of nitrogens with one attached hydrogen (secondary N) is 2. The zero-order valence-electron chi connectivity index (χ0n) is 17.4. The van der Waals surface area contributed by atoms with E-state index in [1.54, 1.807) is 12.1 Å². The Morgan fingerprint density at radius 1 is 1.15 bits per heavy atom. The second-order valence-electron chi connectivity index (χ2n) is 7.48. The Hall–Kier alpha value is -3.14. The Morgan fingerprint density at radius 3 is 2.39 bits per heavy atom. The van der Waals surface area contributed by atoms with Crippen molar-refractivity contribution in [1.29, 1.82) is 5.41 Å². The molecule has 5 nitrogen and oxygen atoms in total. The molecule has 0 amide bonds. The lowest BCUT2D eigenvalue weighted by molar-refractivity contribution is -0.192. The number of hydrogen-bond donors (Lipinski definition) is 3. The Kier molecular flexibility index (Phi) is 7.26. The predicted molar refractivity (Wildman–Crippen MR) is 122 cm³/mol. The molecule has 33 heavy (non-hydrogen) atoms. The molecular formula is C23H20BrF4N3O2. The van der Waals surface area contributed by atoms with E-state index in [4.69, 9.17) is 15.3 Å². The Morgan fingerprint density at radius 2 is 1.79 bits per heavy atom. The number of benzene rings is 3. The van der Waals surface area contributed by atoms with E-state index in [0.29, 0.717) is 18.4 Å². The van der Waals surface area contributed by atoms with Crippen molar-refractivity contribution < 1.29 is 27.5 Å². The first-order chi connectivity index (χ1) is 15.5. The van der Waals surface area contributed by atoms with Crippen molar-refractivity contribution in [2.24, 2.45) is 0 Å². The second kappa shape index (κ2) is 9.78. The fourth-order valence-corrected chi connectivity index (χ4v) is 4.14. The molecule has 174 valence electrons. The molecule has 1 unspecified atom stereocenters. The molecule has 3 aromatic rings. The molecule has 0 aromatic heterocycles. The molecule has 1 heterocycles. The maximum atomic E-state index is 13.0. The van der Waals surface area contributed by atoms with Gasteiger partial charge in [-0.05, 0) is 46.2 Å². The molecule has 3 aromatic carbocycles. The summed E-state index contributed by atoms with van der Waals surface area (Å²) >= 11 is 3.63. The van der Waals surface area contributed by atoms with E-state index >= 15 is 0 Å². The SMILES string of the molecule is CC1CN(C(=N)NCc2ccc(F)cc2)c2ccc3c(Br)cccc3c21.O=C(O)C(F)(F)F. The van der Waals surface area contributed by atoms with Gasteiger partial charge in [-0.15, -0.1) is 0 Å². The quantitative estimate of drug-likeness (QED) is 0.217. The van der Waals surface area contributed by atoms with Gasteiger partial charge in [0, 0.05) is 29.2 Å². The van der Waals surface area contributed by atoms with Gasteiger partial charge in [-0.1, -0.05) is 53.2 Å². The summed E-state index contributed by atoms with van der Waals surface area (Å²) in [6.45, 7) is 3.47.